The van der Waals surface area contributed by atoms with Crippen LogP contribution in [-0.4, -0.2) is 45.0 Å². The van der Waals surface area contributed by atoms with E-state index in [4.69, 9.17) is 4.74 Å². The summed E-state index contributed by atoms with van der Waals surface area (Å²) in [6.45, 7) is 4.81. The summed E-state index contributed by atoms with van der Waals surface area (Å²) in [5, 5.41) is 4.63. The van der Waals surface area contributed by atoms with Gasteiger partial charge in [0.1, 0.15) is 6.04 Å². The molecule has 0 aromatic heterocycles. The Bertz CT molecular complexity index is 847. The molecule has 0 unspecified atom stereocenters. The molecule has 0 spiro atoms. The van der Waals surface area contributed by atoms with Crippen LogP contribution in [0.2, 0.25) is 0 Å². The Morgan fingerprint density at radius 2 is 1.76 bits per heavy atom. The van der Waals surface area contributed by atoms with Crippen molar-refractivity contribution in [2.24, 2.45) is 5.92 Å². The number of ether oxygens (including phenoxy) is 1. The Balaban J connectivity index is 1.95. The van der Waals surface area contributed by atoms with Crippen molar-refractivity contribution in [1.82, 2.24) is 15.4 Å². The van der Waals surface area contributed by atoms with E-state index < -0.39 is 40.6 Å². The Hall–Kier alpha value is -2.46. The number of urea groups is 1. The van der Waals surface area contributed by atoms with Crippen LogP contribution in [0.4, 0.5) is 4.79 Å². The SMILES string of the molecule is Cc1ccc(S(=O)(=O)N[C@H](CC(C)C)C(=O)OCC(=O)NC(=O)NC2CC2)cc1. The zero-order chi connectivity index (χ0) is 21.6. The smallest absolute Gasteiger partial charge is 0.324 e. The van der Waals surface area contributed by atoms with E-state index in [0.717, 1.165) is 18.4 Å². The summed E-state index contributed by atoms with van der Waals surface area (Å²) in [6.07, 6.45) is 1.93. The zero-order valence-corrected chi connectivity index (χ0v) is 17.5. The molecule has 0 aliphatic heterocycles. The monoisotopic (exact) mass is 425 g/mol. The first-order valence-electron chi connectivity index (χ1n) is 9.43. The maximum absolute atomic E-state index is 12.6. The van der Waals surface area contributed by atoms with E-state index in [0.29, 0.717) is 0 Å². The van der Waals surface area contributed by atoms with Crippen molar-refractivity contribution in [2.45, 2.75) is 57.0 Å². The van der Waals surface area contributed by atoms with Gasteiger partial charge in [0.25, 0.3) is 5.91 Å². The van der Waals surface area contributed by atoms with Gasteiger partial charge in [0.15, 0.2) is 6.61 Å². The summed E-state index contributed by atoms with van der Waals surface area (Å²) < 4.78 is 32.4. The molecule has 0 radical (unpaired) electrons. The summed E-state index contributed by atoms with van der Waals surface area (Å²) in [5.74, 6) is -1.68. The number of carbonyl (C=O) groups excluding carboxylic acids is 3. The van der Waals surface area contributed by atoms with Crippen molar-refractivity contribution in [2.75, 3.05) is 6.61 Å². The number of rotatable bonds is 9. The third kappa shape index (κ3) is 7.82. The quantitative estimate of drug-likeness (QED) is 0.510. The predicted molar refractivity (Wildman–Crippen MR) is 105 cm³/mol. The molecule has 2 rings (SSSR count). The summed E-state index contributed by atoms with van der Waals surface area (Å²) in [5.41, 5.74) is 0.902. The van der Waals surface area contributed by atoms with Gasteiger partial charge in [-0.3, -0.25) is 14.9 Å². The van der Waals surface area contributed by atoms with E-state index in [-0.39, 0.29) is 23.3 Å². The maximum atomic E-state index is 12.6. The standard InChI is InChI=1S/C19H27N3O6S/c1-12(2)10-16(22-29(26,27)15-8-4-13(3)5-9-15)18(24)28-11-17(23)21-19(25)20-14-6-7-14/h4-5,8-9,12,14,16,22H,6-7,10-11H2,1-3H3,(H2,20,21,23,25)/t16-/m1/s1. The van der Waals surface area contributed by atoms with Gasteiger partial charge in [-0.2, -0.15) is 4.72 Å². The molecule has 1 aliphatic rings. The molecule has 1 atom stereocenters. The topological polar surface area (TPSA) is 131 Å². The first-order valence-corrected chi connectivity index (χ1v) is 10.9. The predicted octanol–water partition coefficient (Wildman–Crippen LogP) is 1.22. The molecule has 1 aliphatic carbocycles. The minimum absolute atomic E-state index is 0.00795. The second-order valence-corrected chi connectivity index (χ2v) is 9.23. The number of benzene rings is 1. The molecule has 0 heterocycles. The molecule has 160 valence electrons. The zero-order valence-electron chi connectivity index (χ0n) is 16.7. The van der Waals surface area contributed by atoms with Crippen LogP contribution in [0.3, 0.4) is 0 Å². The number of hydrogen-bond acceptors (Lipinski definition) is 6. The summed E-state index contributed by atoms with van der Waals surface area (Å²) in [4.78, 5) is 35.7. The van der Waals surface area contributed by atoms with Crippen LogP contribution in [0.25, 0.3) is 0 Å². The Kier molecular flexibility index (Phi) is 7.74. The van der Waals surface area contributed by atoms with Crippen LogP contribution in [0.5, 0.6) is 0 Å². The van der Waals surface area contributed by atoms with E-state index in [9.17, 15) is 22.8 Å². The lowest BCUT2D eigenvalue weighted by Gasteiger charge is -2.19. The van der Waals surface area contributed by atoms with Crippen molar-refractivity contribution >= 4 is 27.9 Å². The highest BCUT2D eigenvalue weighted by molar-refractivity contribution is 7.89. The van der Waals surface area contributed by atoms with E-state index >= 15 is 0 Å². The van der Waals surface area contributed by atoms with Crippen LogP contribution in [-0.2, 0) is 24.3 Å². The third-order valence-electron chi connectivity index (χ3n) is 4.13. The molecule has 1 fully saturated rings. The van der Waals surface area contributed by atoms with Gasteiger partial charge in [-0.25, -0.2) is 13.2 Å². The largest absolute Gasteiger partial charge is 0.454 e. The van der Waals surface area contributed by atoms with Gasteiger partial charge in [-0.05, 0) is 44.2 Å². The average molecular weight is 426 g/mol. The Morgan fingerprint density at radius 3 is 2.31 bits per heavy atom. The number of aryl methyl sites for hydroxylation is 1. The summed E-state index contributed by atoms with van der Waals surface area (Å²) in [7, 11) is -3.95. The van der Waals surface area contributed by atoms with Gasteiger partial charge in [-0.15, -0.1) is 0 Å². The average Bonchev–Trinajstić information content (AvgIpc) is 3.42. The molecule has 1 aromatic carbocycles. The van der Waals surface area contributed by atoms with Crippen LogP contribution in [0, 0.1) is 12.8 Å². The van der Waals surface area contributed by atoms with Gasteiger partial charge in [-0.1, -0.05) is 31.5 Å². The van der Waals surface area contributed by atoms with Gasteiger partial charge >= 0.3 is 12.0 Å². The number of sulfonamides is 1. The first-order chi connectivity index (χ1) is 13.6. The lowest BCUT2D eigenvalue weighted by atomic mass is 10.1. The molecular formula is C19H27N3O6S. The number of nitrogens with one attached hydrogen (secondary N) is 3. The van der Waals surface area contributed by atoms with Crippen LogP contribution in [0.15, 0.2) is 29.2 Å². The molecule has 1 saturated carbocycles. The molecular weight excluding hydrogens is 398 g/mol. The van der Waals surface area contributed by atoms with Crippen molar-refractivity contribution < 1.29 is 27.5 Å². The highest BCUT2D eigenvalue weighted by Gasteiger charge is 2.29. The van der Waals surface area contributed by atoms with E-state index in [1.807, 2.05) is 20.8 Å². The third-order valence-corrected chi connectivity index (χ3v) is 5.62. The van der Waals surface area contributed by atoms with E-state index in [2.05, 4.69) is 15.4 Å². The molecule has 9 nitrogen and oxygen atoms in total. The molecule has 0 saturated heterocycles. The molecule has 10 heteroatoms. The second-order valence-electron chi connectivity index (χ2n) is 7.52. The number of imide groups is 1. The van der Waals surface area contributed by atoms with Gasteiger partial charge in [0, 0.05) is 6.04 Å². The molecule has 29 heavy (non-hydrogen) atoms. The van der Waals surface area contributed by atoms with E-state index in [1.165, 1.54) is 12.1 Å². The van der Waals surface area contributed by atoms with Gasteiger partial charge in [0.05, 0.1) is 4.90 Å². The molecule has 0 bridgehead atoms. The maximum Gasteiger partial charge on any atom is 0.324 e. The van der Waals surface area contributed by atoms with Crippen molar-refractivity contribution in [3.8, 4) is 0 Å². The Labute approximate surface area is 170 Å². The number of amides is 3. The fraction of sp³-hybridized carbons (Fsp3) is 0.526. The van der Waals surface area contributed by atoms with Gasteiger partial charge < -0.3 is 10.1 Å². The first kappa shape index (κ1) is 22.8. The number of hydrogen-bond donors (Lipinski definition) is 3. The fourth-order valence-electron chi connectivity index (χ4n) is 2.49. The highest BCUT2D eigenvalue weighted by atomic mass is 32.2. The molecule has 1 aromatic rings. The summed E-state index contributed by atoms with van der Waals surface area (Å²) in [6, 6.07) is 4.48. The minimum Gasteiger partial charge on any atom is -0.454 e. The van der Waals surface area contributed by atoms with Crippen LogP contribution >= 0.6 is 0 Å². The lowest BCUT2D eigenvalue weighted by molar-refractivity contribution is -0.150. The van der Waals surface area contributed by atoms with Crippen molar-refractivity contribution in [3.05, 3.63) is 29.8 Å². The number of carbonyl (C=O) groups is 3. The fourth-order valence-corrected chi connectivity index (χ4v) is 3.68. The minimum atomic E-state index is -3.95. The van der Waals surface area contributed by atoms with Crippen molar-refractivity contribution in [3.63, 3.8) is 0 Å². The van der Waals surface area contributed by atoms with Crippen LogP contribution < -0.4 is 15.4 Å². The number of esters is 1. The van der Waals surface area contributed by atoms with Crippen molar-refractivity contribution in [1.29, 1.82) is 0 Å². The molecule has 3 N–H and O–H groups in total. The van der Waals surface area contributed by atoms with E-state index in [1.54, 1.807) is 12.1 Å². The lowest BCUT2D eigenvalue weighted by Crippen LogP contribution is -2.45. The van der Waals surface area contributed by atoms with Gasteiger partial charge in [0.2, 0.25) is 10.0 Å². The Morgan fingerprint density at radius 1 is 1.14 bits per heavy atom. The summed E-state index contributed by atoms with van der Waals surface area (Å²) >= 11 is 0. The van der Waals surface area contributed by atoms with Crippen LogP contribution in [0.1, 0.15) is 38.7 Å². The highest BCUT2D eigenvalue weighted by Crippen LogP contribution is 2.18. The normalized spacial score (nSPS) is 14.9. The molecule has 3 amide bonds. The second kappa shape index (κ2) is 9.84.